The van der Waals surface area contributed by atoms with E-state index < -0.39 is 10.0 Å². The average molecular weight is 546 g/mol. The third-order valence-corrected chi connectivity index (χ3v) is 10.2. The lowest BCUT2D eigenvalue weighted by Crippen LogP contribution is -2.48. The molecule has 2 aliphatic heterocycles. The van der Waals surface area contributed by atoms with Crippen molar-refractivity contribution < 1.29 is 17.6 Å². The zero-order valence-corrected chi connectivity index (χ0v) is 22.5. The Kier molecular flexibility index (Phi) is 7.75. The average Bonchev–Trinajstić information content (AvgIpc) is 3.35. The number of nitrogens with one attached hydrogen (secondary N) is 1. The van der Waals surface area contributed by atoms with Gasteiger partial charge in [0.2, 0.25) is 10.0 Å². The zero-order chi connectivity index (χ0) is 26.0. The molecule has 2 aliphatic rings. The number of piperidine rings is 1. The number of carbonyl (C=O) groups is 1. The Hall–Kier alpha value is -2.60. The van der Waals surface area contributed by atoms with E-state index in [1.165, 1.54) is 33.8 Å². The van der Waals surface area contributed by atoms with Crippen LogP contribution in [0.25, 0.3) is 10.2 Å². The molecule has 1 aromatic heterocycles. The quantitative estimate of drug-likeness (QED) is 0.490. The topological polar surface area (TPSA) is 85.8 Å². The minimum Gasteiger partial charge on any atom is -0.351 e. The first-order valence-corrected chi connectivity index (χ1v) is 15.0. The number of para-hydroxylation sites is 1. The summed E-state index contributed by atoms with van der Waals surface area (Å²) in [6.45, 7) is 7.68. The number of carbonyl (C=O) groups excluding carboxylic acids is 1. The van der Waals surface area contributed by atoms with E-state index in [2.05, 4.69) is 27.0 Å². The van der Waals surface area contributed by atoms with E-state index in [0.717, 1.165) is 48.9 Å². The van der Waals surface area contributed by atoms with Crippen LogP contribution in [0.1, 0.15) is 30.1 Å². The van der Waals surface area contributed by atoms with Crippen molar-refractivity contribution in [3.63, 3.8) is 0 Å². The Morgan fingerprint density at radius 1 is 1.05 bits per heavy atom. The van der Waals surface area contributed by atoms with Gasteiger partial charge in [-0.15, -0.1) is 0 Å². The Morgan fingerprint density at radius 2 is 1.76 bits per heavy atom. The number of thiazole rings is 1. The lowest BCUT2D eigenvalue weighted by Gasteiger charge is -2.34. The predicted molar refractivity (Wildman–Crippen MR) is 144 cm³/mol. The zero-order valence-electron chi connectivity index (χ0n) is 20.9. The highest BCUT2D eigenvalue weighted by Crippen LogP contribution is 2.30. The maximum absolute atomic E-state index is 14.0. The maximum Gasteiger partial charge on any atom is 0.251 e. The Labute approximate surface area is 221 Å². The largest absolute Gasteiger partial charge is 0.351 e. The second-order valence-electron chi connectivity index (χ2n) is 9.78. The first-order valence-electron chi connectivity index (χ1n) is 12.7. The van der Waals surface area contributed by atoms with Crippen LogP contribution < -0.4 is 10.2 Å². The number of amides is 1. The van der Waals surface area contributed by atoms with Crippen molar-refractivity contribution in [1.82, 2.24) is 19.5 Å². The highest BCUT2D eigenvalue weighted by molar-refractivity contribution is 7.89. The third-order valence-electron chi connectivity index (χ3n) is 7.21. The summed E-state index contributed by atoms with van der Waals surface area (Å²) >= 11 is 1.51. The van der Waals surface area contributed by atoms with Gasteiger partial charge in [0, 0.05) is 57.9 Å². The SMILES string of the molecule is CC1CCN(S(=O)(=O)c2ccc(C(=O)NCCN3CCN(c4nc5c(F)cccc5s4)CC3)cc2)CC1. The molecule has 0 aliphatic carbocycles. The molecule has 2 saturated heterocycles. The van der Waals surface area contributed by atoms with Crippen LogP contribution in [-0.2, 0) is 10.0 Å². The second-order valence-corrected chi connectivity index (χ2v) is 12.7. The molecule has 198 valence electrons. The van der Waals surface area contributed by atoms with Gasteiger partial charge < -0.3 is 10.2 Å². The fourth-order valence-corrected chi connectivity index (χ4v) is 7.28. The number of sulfonamides is 1. The molecule has 0 radical (unpaired) electrons. The van der Waals surface area contributed by atoms with E-state index in [4.69, 9.17) is 0 Å². The van der Waals surface area contributed by atoms with Crippen LogP contribution in [0.15, 0.2) is 47.4 Å². The standard InChI is InChI=1S/C26H32FN5O3S2/c1-19-9-12-32(13-10-19)37(34,35)21-7-5-20(6-8-21)25(33)28-11-14-30-15-17-31(18-16-30)26-29-24-22(27)3-2-4-23(24)36-26/h2-8,19H,9-18H2,1H3,(H,28,33). The molecule has 5 rings (SSSR count). The molecule has 11 heteroatoms. The van der Waals surface area contributed by atoms with E-state index >= 15 is 0 Å². The van der Waals surface area contributed by atoms with Gasteiger partial charge in [-0.3, -0.25) is 9.69 Å². The molecular formula is C26H32FN5O3S2. The van der Waals surface area contributed by atoms with E-state index in [-0.39, 0.29) is 16.6 Å². The third kappa shape index (κ3) is 5.79. The predicted octanol–water partition coefficient (Wildman–Crippen LogP) is 3.41. The van der Waals surface area contributed by atoms with Gasteiger partial charge in [-0.25, -0.2) is 17.8 Å². The van der Waals surface area contributed by atoms with Gasteiger partial charge in [0.05, 0.1) is 9.60 Å². The van der Waals surface area contributed by atoms with Crippen LogP contribution >= 0.6 is 11.3 Å². The van der Waals surface area contributed by atoms with Gasteiger partial charge in [-0.05, 0) is 55.2 Å². The van der Waals surface area contributed by atoms with Gasteiger partial charge in [0.25, 0.3) is 5.91 Å². The minimum absolute atomic E-state index is 0.217. The number of benzene rings is 2. The number of aromatic nitrogens is 1. The van der Waals surface area contributed by atoms with E-state index in [9.17, 15) is 17.6 Å². The molecule has 0 unspecified atom stereocenters. The molecule has 1 N–H and O–H groups in total. The minimum atomic E-state index is -3.53. The number of fused-ring (bicyclic) bond motifs is 1. The van der Waals surface area contributed by atoms with Gasteiger partial charge >= 0.3 is 0 Å². The maximum atomic E-state index is 14.0. The molecule has 0 bridgehead atoms. The van der Waals surface area contributed by atoms with Crippen molar-refractivity contribution in [2.24, 2.45) is 5.92 Å². The highest BCUT2D eigenvalue weighted by Gasteiger charge is 2.28. The van der Waals surface area contributed by atoms with Crippen molar-refractivity contribution >= 4 is 42.6 Å². The number of hydrogen-bond donors (Lipinski definition) is 1. The van der Waals surface area contributed by atoms with Crippen molar-refractivity contribution in [3.05, 3.63) is 53.8 Å². The van der Waals surface area contributed by atoms with Crippen LogP contribution in [0.2, 0.25) is 0 Å². The van der Waals surface area contributed by atoms with Crippen LogP contribution in [0.5, 0.6) is 0 Å². The summed E-state index contributed by atoms with van der Waals surface area (Å²) in [7, 11) is -3.53. The smallest absolute Gasteiger partial charge is 0.251 e. The normalized spacial score (nSPS) is 18.4. The number of hydrogen-bond acceptors (Lipinski definition) is 7. The fourth-order valence-electron chi connectivity index (χ4n) is 4.78. The van der Waals surface area contributed by atoms with Gasteiger partial charge in [0.1, 0.15) is 11.3 Å². The van der Waals surface area contributed by atoms with Gasteiger partial charge in [0.15, 0.2) is 5.13 Å². The molecule has 0 saturated carbocycles. The molecule has 37 heavy (non-hydrogen) atoms. The van der Waals surface area contributed by atoms with E-state index in [0.29, 0.717) is 43.2 Å². The molecule has 3 heterocycles. The van der Waals surface area contributed by atoms with E-state index in [1.807, 2.05) is 6.07 Å². The summed E-state index contributed by atoms with van der Waals surface area (Å²) in [5.41, 5.74) is 0.874. The monoisotopic (exact) mass is 545 g/mol. The summed E-state index contributed by atoms with van der Waals surface area (Å²) in [5, 5.41) is 3.77. The highest BCUT2D eigenvalue weighted by atomic mass is 32.2. The number of nitrogens with zero attached hydrogens (tertiary/aromatic N) is 4. The Balaban J connectivity index is 1.08. The van der Waals surface area contributed by atoms with E-state index in [1.54, 1.807) is 18.2 Å². The molecule has 2 fully saturated rings. The Morgan fingerprint density at radius 3 is 2.43 bits per heavy atom. The van der Waals surface area contributed by atoms with Crippen molar-refractivity contribution in [2.75, 3.05) is 57.3 Å². The number of piperazine rings is 1. The number of halogens is 1. The lowest BCUT2D eigenvalue weighted by molar-refractivity contribution is 0.0947. The number of rotatable bonds is 7. The van der Waals surface area contributed by atoms with Crippen LogP contribution in [0, 0.1) is 11.7 Å². The number of anilines is 1. The first kappa shape index (κ1) is 26.0. The molecule has 1 amide bonds. The van der Waals surface area contributed by atoms with Gasteiger partial charge in [-0.1, -0.05) is 24.3 Å². The van der Waals surface area contributed by atoms with Crippen molar-refractivity contribution in [2.45, 2.75) is 24.7 Å². The van der Waals surface area contributed by atoms with Crippen molar-refractivity contribution in [3.8, 4) is 0 Å². The molecule has 0 spiro atoms. The molecule has 0 atom stereocenters. The van der Waals surface area contributed by atoms with Crippen LogP contribution in [0.4, 0.5) is 9.52 Å². The second kappa shape index (κ2) is 11.0. The molecule has 8 nitrogen and oxygen atoms in total. The summed E-state index contributed by atoms with van der Waals surface area (Å²) in [4.78, 5) is 21.8. The first-order chi connectivity index (χ1) is 17.8. The molecular weight excluding hydrogens is 513 g/mol. The summed E-state index contributed by atoms with van der Waals surface area (Å²) in [6, 6.07) is 11.2. The van der Waals surface area contributed by atoms with Crippen LogP contribution in [0.3, 0.4) is 0 Å². The van der Waals surface area contributed by atoms with Gasteiger partial charge in [-0.2, -0.15) is 4.31 Å². The fraction of sp³-hybridized carbons (Fsp3) is 0.462. The summed E-state index contributed by atoms with van der Waals surface area (Å²) in [5.74, 6) is 0.0408. The lowest BCUT2D eigenvalue weighted by atomic mass is 10.0. The molecule has 3 aromatic rings. The summed E-state index contributed by atoms with van der Waals surface area (Å²) < 4.78 is 42.1. The summed E-state index contributed by atoms with van der Waals surface area (Å²) in [6.07, 6.45) is 1.74. The Bertz CT molecular complexity index is 1350. The van der Waals surface area contributed by atoms with Crippen LogP contribution in [-0.4, -0.2) is 80.9 Å². The molecule has 2 aromatic carbocycles. The van der Waals surface area contributed by atoms with Crippen molar-refractivity contribution in [1.29, 1.82) is 0 Å².